The Balaban J connectivity index is 2.36. The summed E-state index contributed by atoms with van der Waals surface area (Å²) in [6.07, 6.45) is -0.366. The Bertz CT molecular complexity index is 513. The first-order chi connectivity index (χ1) is 9.00. The topological polar surface area (TPSA) is 104 Å². The summed E-state index contributed by atoms with van der Waals surface area (Å²) in [6.45, 7) is 0. The van der Waals surface area contributed by atoms with Crippen LogP contribution in [0.1, 0.15) is 17.9 Å². The Kier molecular flexibility index (Phi) is 3.50. The van der Waals surface area contributed by atoms with Crippen LogP contribution in [0.15, 0.2) is 30.3 Å². The molecule has 100 valence electrons. The molecule has 6 heteroatoms. The van der Waals surface area contributed by atoms with Crippen LogP contribution in [-0.4, -0.2) is 34.1 Å². The van der Waals surface area contributed by atoms with Gasteiger partial charge in [0.15, 0.2) is 0 Å². The maximum atomic E-state index is 11.9. The van der Waals surface area contributed by atoms with Gasteiger partial charge < -0.3 is 15.5 Å². The smallest absolute Gasteiger partial charge is 0.326 e. The Morgan fingerprint density at radius 1 is 1.16 bits per heavy atom. The number of carboxylic acid groups (broad SMARTS) is 2. The molecule has 0 aromatic heterocycles. The second-order valence-corrected chi connectivity index (χ2v) is 4.47. The summed E-state index contributed by atoms with van der Waals surface area (Å²) in [6, 6.07) is 7.47. The van der Waals surface area contributed by atoms with E-state index in [1.165, 1.54) is 0 Å². The van der Waals surface area contributed by atoms with Gasteiger partial charge in [0.1, 0.15) is 6.04 Å². The van der Waals surface area contributed by atoms with Gasteiger partial charge >= 0.3 is 11.9 Å². The van der Waals surface area contributed by atoms with E-state index in [2.05, 4.69) is 5.32 Å². The lowest BCUT2D eigenvalue weighted by molar-refractivity contribution is -0.142. The largest absolute Gasteiger partial charge is 0.481 e. The Labute approximate surface area is 109 Å². The summed E-state index contributed by atoms with van der Waals surface area (Å²) >= 11 is 0. The van der Waals surface area contributed by atoms with E-state index in [1.807, 2.05) is 0 Å². The fourth-order valence-electron chi connectivity index (χ4n) is 2.48. The van der Waals surface area contributed by atoms with Crippen molar-refractivity contribution in [3.8, 4) is 0 Å². The molecule has 3 N–H and O–H groups in total. The first-order valence-corrected chi connectivity index (χ1v) is 5.80. The highest BCUT2D eigenvalue weighted by atomic mass is 16.4. The minimum Gasteiger partial charge on any atom is -0.481 e. The molecule has 1 fully saturated rings. The van der Waals surface area contributed by atoms with Gasteiger partial charge in [-0.05, 0) is 5.56 Å². The lowest BCUT2D eigenvalue weighted by atomic mass is 9.82. The maximum Gasteiger partial charge on any atom is 0.326 e. The summed E-state index contributed by atoms with van der Waals surface area (Å²) < 4.78 is 0. The average Bonchev–Trinajstić information content (AvgIpc) is 2.66. The average molecular weight is 263 g/mol. The van der Waals surface area contributed by atoms with E-state index in [0.717, 1.165) is 0 Å². The molecule has 1 aromatic rings. The second kappa shape index (κ2) is 5.09. The molecule has 0 radical (unpaired) electrons. The van der Waals surface area contributed by atoms with Crippen LogP contribution < -0.4 is 5.32 Å². The lowest BCUT2D eigenvalue weighted by Gasteiger charge is -2.18. The van der Waals surface area contributed by atoms with Crippen molar-refractivity contribution in [2.24, 2.45) is 5.92 Å². The molecule has 0 aliphatic carbocycles. The zero-order valence-electron chi connectivity index (χ0n) is 9.95. The Morgan fingerprint density at radius 2 is 1.79 bits per heavy atom. The summed E-state index contributed by atoms with van der Waals surface area (Å²) in [7, 11) is 0. The fourth-order valence-corrected chi connectivity index (χ4v) is 2.48. The highest BCUT2D eigenvalue weighted by molar-refractivity contribution is 5.94. The summed E-state index contributed by atoms with van der Waals surface area (Å²) in [5.74, 6) is -4.29. The van der Waals surface area contributed by atoms with Crippen molar-refractivity contribution in [2.75, 3.05) is 0 Å². The first-order valence-electron chi connectivity index (χ1n) is 5.80. The van der Waals surface area contributed by atoms with Gasteiger partial charge in [-0.3, -0.25) is 9.59 Å². The van der Waals surface area contributed by atoms with Crippen molar-refractivity contribution in [2.45, 2.75) is 18.4 Å². The van der Waals surface area contributed by atoms with Crippen molar-refractivity contribution in [1.82, 2.24) is 5.32 Å². The molecule has 1 heterocycles. The number of carbonyl (C=O) groups is 3. The van der Waals surface area contributed by atoms with E-state index in [1.54, 1.807) is 30.3 Å². The molecule has 0 unspecified atom stereocenters. The van der Waals surface area contributed by atoms with Gasteiger partial charge in [0.05, 0.1) is 12.3 Å². The fraction of sp³-hybridized carbons (Fsp3) is 0.308. The van der Waals surface area contributed by atoms with Gasteiger partial charge in [-0.1, -0.05) is 30.3 Å². The van der Waals surface area contributed by atoms with E-state index in [4.69, 9.17) is 10.2 Å². The SMILES string of the molecule is O=C(O)C[C@@H]1[C@@H](C(=O)O)NC(=O)[C@@H]1c1ccccc1. The Hall–Kier alpha value is -2.37. The molecule has 3 atom stereocenters. The number of benzene rings is 1. The number of aliphatic carboxylic acids is 2. The maximum absolute atomic E-state index is 11.9. The monoisotopic (exact) mass is 263 g/mol. The number of hydrogen-bond acceptors (Lipinski definition) is 3. The van der Waals surface area contributed by atoms with E-state index >= 15 is 0 Å². The summed E-state index contributed by atoms with van der Waals surface area (Å²) in [4.78, 5) is 33.9. The summed E-state index contributed by atoms with van der Waals surface area (Å²) in [5, 5.41) is 20.3. The number of hydrogen-bond donors (Lipinski definition) is 3. The van der Waals surface area contributed by atoms with Crippen molar-refractivity contribution < 1.29 is 24.6 Å². The van der Waals surface area contributed by atoms with Crippen LogP contribution in [0.4, 0.5) is 0 Å². The molecule has 1 saturated heterocycles. The van der Waals surface area contributed by atoms with E-state index in [0.29, 0.717) is 5.56 Å². The van der Waals surface area contributed by atoms with Crippen molar-refractivity contribution in [3.05, 3.63) is 35.9 Å². The van der Waals surface area contributed by atoms with Crippen LogP contribution in [0.2, 0.25) is 0 Å². The minimum absolute atomic E-state index is 0.366. The molecule has 6 nitrogen and oxygen atoms in total. The van der Waals surface area contributed by atoms with Crippen molar-refractivity contribution in [1.29, 1.82) is 0 Å². The molecule has 1 aliphatic rings. The van der Waals surface area contributed by atoms with Gasteiger partial charge in [0.25, 0.3) is 0 Å². The highest BCUT2D eigenvalue weighted by Gasteiger charge is 2.47. The van der Waals surface area contributed by atoms with Crippen LogP contribution in [0.3, 0.4) is 0 Å². The number of rotatable bonds is 4. The molecule has 2 rings (SSSR count). The van der Waals surface area contributed by atoms with E-state index in [9.17, 15) is 14.4 Å². The molecule has 0 spiro atoms. The molecular formula is C13H13NO5. The quantitative estimate of drug-likeness (QED) is 0.731. The van der Waals surface area contributed by atoms with Gasteiger partial charge in [-0.2, -0.15) is 0 Å². The standard InChI is InChI=1S/C13H13NO5/c15-9(16)6-8-10(7-4-2-1-3-5-7)12(17)14-11(8)13(18)19/h1-5,8,10-11H,6H2,(H,14,17)(H,15,16)(H,18,19)/t8-,10+,11-/m0/s1. The predicted octanol–water partition coefficient (Wildman–Crippen LogP) is 0.444. The van der Waals surface area contributed by atoms with Crippen molar-refractivity contribution >= 4 is 17.8 Å². The molecule has 1 aliphatic heterocycles. The van der Waals surface area contributed by atoms with E-state index in [-0.39, 0.29) is 6.42 Å². The van der Waals surface area contributed by atoms with Gasteiger partial charge in [-0.25, -0.2) is 4.79 Å². The zero-order valence-corrected chi connectivity index (χ0v) is 9.95. The van der Waals surface area contributed by atoms with Crippen LogP contribution in [-0.2, 0) is 14.4 Å². The number of nitrogens with one attached hydrogen (secondary N) is 1. The van der Waals surface area contributed by atoms with Crippen LogP contribution >= 0.6 is 0 Å². The molecule has 19 heavy (non-hydrogen) atoms. The number of carbonyl (C=O) groups excluding carboxylic acids is 1. The van der Waals surface area contributed by atoms with Crippen LogP contribution in [0.25, 0.3) is 0 Å². The molecule has 1 amide bonds. The van der Waals surface area contributed by atoms with Crippen LogP contribution in [0.5, 0.6) is 0 Å². The summed E-state index contributed by atoms with van der Waals surface area (Å²) in [5.41, 5.74) is 0.634. The number of amides is 1. The van der Waals surface area contributed by atoms with Gasteiger partial charge in [0, 0.05) is 5.92 Å². The van der Waals surface area contributed by atoms with E-state index < -0.39 is 35.7 Å². The van der Waals surface area contributed by atoms with Gasteiger partial charge in [0.2, 0.25) is 5.91 Å². The molecule has 1 aromatic carbocycles. The molecule has 0 bridgehead atoms. The Morgan fingerprint density at radius 3 is 2.32 bits per heavy atom. The van der Waals surface area contributed by atoms with Crippen molar-refractivity contribution in [3.63, 3.8) is 0 Å². The third kappa shape index (κ3) is 2.57. The van der Waals surface area contributed by atoms with Crippen LogP contribution in [0, 0.1) is 5.92 Å². The molecule has 0 saturated carbocycles. The first kappa shape index (κ1) is 13.1. The lowest BCUT2D eigenvalue weighted by Crippen LogP contribution is -2.37. The molecular weight excluding hydrogens is 250 g/mol. The normalized spacial score (nSPS) is 25.9. The third-order valence-electron chi connectivity index (χ3n) is 3.27. The van der Waals surface area contributed by atoms with Gasteiger partial charge in [-0.15, -0.1) is 0 Å². The highest BCUT2D eigenvalue weighted by Crippen LogP contribution is 2.35. The zero-order chi connectivity index (χ0) is 14.0. The third-order valence-corrected chi connectivity index (χ3v) is 3.27. The minimum atomic E-state index is -1.21. The second-order valence-electron chi connectivity index (χ2n) is 4.47. The predicted molar refractivity (Wildman–Crippen MR) is 64.5 cm³/mol. The number of carboxylic acids is 2.